The molecule has 0 aliphatic heterocycles. The molecule has 44 heavy (non-hydrogen) atoms. The summed E-state index contributed by atoms with van der Waals surface area (Å²) in [4.78, 5) is 50.8. The number of rotatable bonds is 9. The Morgan fingerprint density at radius 1 is 0.659 bits per heavy atom. The van der Waals surface area contributed by atoms with Crippen molar-refractivity contribution in [2.24, 2.45) is 21.9 Å². The minimum Gasteiger partial charge on any atom is -0.478 e. The van der Waals surface area contributed by atoms with E-state index in [1.807, 2.05) is 0 Å². The van der Waals surface area contributed by atoms with Gasteiger partial charge in [-0.1, -0.05) is 12.1 Å². The third-order valence-electron chi connectivity index (χ3n) is 6.24. The van der Waals surface area contributed by atoms with E-state index < -0.39 is 23.8 Å². The summed E-state index contributed by atoms with van der Waals surface area (Å²) in [6.07, 6.45) is 0.713. The van der Waals surface area contributed by atoms with E-state index in [0.29, 0.717) is 24.0 Å². The Labute approximate surface area is 246 Å². The number of amides is 2. The van der Waals surface area contributed by atoms with E-state index in [1.165, 1.54) is 48.5 Å². The van der Waals surface area contributed by atoms with Gasteiger partial charge in [0.1, 0.15) is 0 Å². The van der Waals surface area contributed by atoms with Crippen LogP contribution in [-0.2, 0) is 12.8 Å². The summed E-state index contributed by atoms with van der Waals surface area (Å²) in [6, 6.07) is 14.2. The van der Waals surface area contributed by atoms with Crippen LogP contribution in [0.1, 0.15) is 52.8 Å². The molecule has 2 aromatic carbocycles. The van der Waals surface area contributed by atoms with Gasteiger partial charge in [-0.3, -0.25) is 9.59 Å². The number of aromatic nitrogens is 4. The maximum absolute atomic E-state index is 12.8. The van der Waals surface area contributed by atoms with E-state index in [0.717, 1.165) is 9.58 Å². The van der Waals surface area contributed by atoms with E-state index in [-0.39, 0.29) is 44.9 Å². The molecule has 226 valence electrons. The first kappa shape index (κ1) is 30.2. The Balaban J connectivity index is 1.55. The number of nitrogens with two attached hydrogens (primary N) is 4. The Hall–Kier alpha value is -6.72. The maximum atomic E-state index is 12.8. The molecular weight excluding hydrogens is 576 g/mol. The molecule has 0 unspecified atom stereocenters. The number of benzene rings is 2. The standard InChI is InChI=1S/C26H26N12O6/c27-33-21-9-7-17(35-37(21)29)23(39)31-19-11-13(3-5-15(19)25(41)42)1-2-14-4-6-16(26(43)44)20(12-14)32-24(40)18-8-10-22(34-28)38(30)36-18/h3-12H,1-2,27-30H2,(H,31,39)(H,32,40)(H,41,42)(H,43,44)/b33-21-,34-22-. The van der Waals surface area contributed by atoms with Gasteiger partial charge in [-0.15, -0.1) is 10.2 Å². The molecule has 0 bridgehead atoms. The third kappa shape index (κ3) is 6.77. The molecule has 4 aromatic rings. The van der Waals surface area contributed by atoms with Gasteiger partial charge in [-0.05, 0) is 72.5 Å². The molecule has 0 aliphatic carbocycles. The molecule has 18 heteroatoms. The van der Waals surface area contributed by atoms with Crippen LogP contribution in [0.5, 0.6) is 0 Å². The van der Waals surface area contributed by atoms with Gasteiger partial charge in [0, 0.05) is 0 Å². The van der Waals surface area contributed by atoms with Gasteiger partial charge >= 0.3 is 11.9 Å². The van der Waals surface area contributed by atoms with Crippen molar-refractivity contribution >= 4 is 35.1 Å². The predicted molar refractivity (Wildman–Crippen MR) is 154 cm³/mol. The monoisotopic (exact) mass is 602 g/mol. The molecule has 0 saturated carbocycles. The number of nitrogen functional groups attached to an aromatic ring is 2. The number of aryl methyl sites for hydroxylation is 2. The lowest BCUT2D eigenvalue weighted by molar-refractivity contribution is 0.0687. The van der Waals surface area contributed by atoms with Crippen LogP contribution in [0.15, 0.2) is 70.9 Å². The number of aromatic carboxylic acids is 2. The minimum absolute atomic E-state index is 0.0187. The first-order chi connectivity index (χ1) is 21.0. The SMILES string of the molecule is N/N=c1/ccc(C(=O)Nc2cc(CCc3ccc(C(=O)O)c(NC(=O)c4cc/c(=N/N)n(N)n4)c3)ccc2C(=O)O)nn1N. The second kappa shape index (κ2) is 12.9. The summed E-state index contributed by atoms with van der Waals surface area (Å²) in [6.45, 7) is 0. The molecule has 0 fully saturated rings. The number of anilines is 2. The highest BCUT2D eigenvalue weighted by Gasteiger charge is 2.18. The third-order valence-corrected chi connectivity index (χ3v) is 6.24. The normalized spacial score (nSPS) is 11.6. The topological polar surface area (TPSA) is 297 Å². The number of hydrogen-bond donors (Lipinski definition) is 8. The van der Waals surface area contributed by atoms with E-state index in [2.05, 4.69) is 31.0 Å². The fraction of sp³-hybridized carbons (Fsp3) is 0.0769. The highest BCUT2D eigenvalue weighted by atomic mass is 16.4. The Bertz CT molecular complexity index is 1790. The summed E-state index contributed by atoms with van der Waals surface area (Å²) in [5.74, 6) is 17.7. The zero-order chi connectivity index (χ0) is 32.0. The van der Waals surface area contributed by atoms with Gasteiger partial charge in [0.05, 0.1) is 22.5 Å². The number of nitrogens with one attached hydrogen (secondary N) is 2. The number of carboxylic acids is 2. The molecule has 0 aliphatic rings. The molecule has 4 rings (SSSR count). The number of nitrogens with zero attached hydrogens (tertiary/aromatic N) is 6. The highest BCUT2D eigenvalue weighted by Crippen LogP contribution is 2.23. The molecule has 2 aromatic heterocycles. The van der Waals surface area contributed by atoms with E-state index in [1.54, 1.807) is 12.1 Å². The van der Waals surface area contributed by atoms with Gasteiger partial charge in [-0.2, -0.15) is 19.8 Å². The predicted octanol–water partition coefficient (Wildman–Crippen LogP) is -1.26. The van der Waals surface area contributed by atoms with E-state index >= 15 is 0 Å². The molecule has 0 saturated heterocycles. The van der Waals surface area contributed by atoms with Crippen molar-refractivity contribution in [3.8, 4) is 0 Å². The Morgan fingerprint density at radius 2 is 1.05 bits per heavy atom. The zero-order valence-corrected chi connectivity index (χ0v) is 22.7. The summed E-state index contributed by atoms with van der Waals surface area (Å²) < 4.78 is 0. The second-order valence-corrected chi connectivity index (χ2v) is 9.08. The van der Waals surface area contributed by atoms with Crippen molar-refractivity contribution in [1.82, 2.24) is 19.8 Å². The maximum Gasteiger partial charge on any atom is 0.337 e. The van der Waals surface area contributed by atoms with Crippen molar-refractivity contribution in [2.75, 3.05) is 22.3 Å². The highest BCUT2D eigenvalue weighted by molar-refractivity contribution is 6.07. The van der Waals surface area contributed by atoms with Crippen LogP contribution in [0.25, 0.3) is 0 Å². The first-order valence-electron chi connectivity index (χ1n) is 12.5. The number of carboxylic acid groups (broad SMARTS) is 2. The van der Waals surface area contributed by atoms with Crippen molar-refractivity contribution in [3.05, 3.63) is 105 Å². The van der Waals surface area contributed by atoms with Gasteiger partial charge in [0.25, 0.3) is 11.8 Å². The Morgan fingerprint density at radius 3 is 1.36 bits per heavy atom. The van der Waals surface area contributed by atoms with Gasteiger partial charge in [-0.25, -0.2) is 9.59 Å². The fourth-order valence-corrected chi connectivity index (χ4v) is 4.04. The lowest BCUT2D eigenvalue weighted by Gasteiger charge is -2.13. The smallest absolute Gasteiger partial charge is 0.337 e. The number of carbonyl (C=O) groups is 4. The van der Waals surface area contributed by atoms with Crippen LogP contribution in [0.4, 0.5) is 11.4 Å². The van der Waals surface area contributed by atoms with Crippen LogP contribution in [-0.4, -0.2) is 53.7 Å². The van der Waals surface area contributed by atoms with Gasteiger partial charge in [0.15, 0.2) is 22.4 Å². The number of hydrogen-bond acceptors (Lipinski definition) is 12. The fourth-order valence-electron chi connectivity index (χ4n) is 4.04. The van der Waals surface area contributed by atoms with Gasteiger partial charge in [0.2, 0.25) is 0 Å². The molecule has 0 radical (unpaired) electrons. The summed E-state index contributed by atoms with van der Waals surface area (Å²) in [5, 5.41) is 38.9. The average Bonchev–Trinajstić information content (AvgIpc) is 2.99. The van der Waals surface area contributed by atoms with Crippen molar-refractivity contribution in [1.29, 1.82) is 0 Å². The lowest BCUT2D eigenvalue weighted by atomic mass is 10.00. The molecule has 0 atom stereocenters. The summed E-state index contributed by atoms with van der Waals surface area (Å²) >= 11 is 0. The summed E-state index contributed by atoms with van der Waals surface area (Å²) in [7, 11) is 0. The molecule has 18 nitrogen and oxygen atoms in total. The quantitative estimate of drug-likeness (QED) is 0.0822. The largest absolute Gasteiger partial charge is 0.478 e. The number of carbonyl (C=O) groups excluding carboxylic acids is 2. The van der Waals surface area contributed by atoms with Crippen LogP contribution < -0.4 is 45.0 Å². The first-order valence-corrected chi connectivity index (χ1v) is 12.5. The Kier molecular flexibility index (Phi) is 8.83. The zero-order valence-electron chi connectivity index (χ0n) is 22.7. The molecule has 12 N–H and O–H groups in total. The van der Waals surface area contributed by atoms with Crippen molar-refractivity contribution < 1.29 is 29.4 Å². The van der Waals surface area contributed by atoms with Crippen LogP contribution in [0, 0.1) is 0 Å². The van der Waals surface area contributed by atoms with Crippen molar-refractivity contribution in [3.63, 3.8) is 0 Å². The molecule has 2 heterocycles. The summed E-state index contributed by atoms with van der Waals surface area (Å²) in [5.41, 5.74) is 1.00. The van der Waals surface area contributed by atoms with Gasteiger partial charge < -0.3 is 44.2 Å². The molecule has 2 amide bonds. The van der Waals surface area contributed by atoms with Crippen LogP contribution in [0.2, 0.25) is 0 Å². The average molecular weight is 603 g/mol. The molecule has 0 spiro atoms. The second-order valence-electron chi connectivity index (χ2n) is 9.08. The van der Waals surface area contributed by atoms with E-state index in [9.17, 15) is 29.4 Å². The minimum atomic E-state index is -1.27. The van der Waals surface area contributed by atoms with Crippen LogP contribution in [0.3, 0.4) is 0 Å². The lowest BCUT2D eigenvalue weighted by Crippen LogP contribution is -2.33. The van der Waals surface area contributed by atoms with E-state index in [4.69, 9.17) is 23.4 Å². The van der Waals surface area contributed by atoms with Crippen LogP contribution >= 0.6 is 0 Å². The molecular formula is C26H26N12O6. The van der Waals surface area contributed by atoms with Crippen molar-refractivity contribution in [2.45, 2.75) is 12.8 Å².